The third-order valence-corrected chi connectivity index (χ3v) is 8.86. The van der Waals surface area contributed by atoms with Gasteiger partial charge in [0.05, 0.1) is 26.2 Å². The first-order chi connectivity index (χ1) is 22.9. The van der Waals surface area contributed by atoms with Gasteiger partial charge in [0.25, 0.3) is 5.91 Å². The molecule has 0 N–H and O–H groups in total. The Morgan fingerprint density at radius 1 is 0.917 bits per heavy atom. The molecule has 0 aromatic heterocycles. The van der Waals surface area contributed by atoms with Crippen LogP contribution in [0.1, 0.15) is 89.1 Å². The Morgan fingerprint density at radius 2 is 1.62 bits per heavy atom. The summed E-state index contributed by atoms with van der Waals surface area (Å²) in [7, 11) is 3.22. The molecule has 4 rings (SSSR count). The molecule has 3 amide bonds. The molecule has 10 heteroatoms. The van der Waals surface area contributed by atoms with Crippen LogP contribution in [-0.2, 0) is 20.7 Å². The van der Waals surface area contributed by atoms with Crippen molar-refractivity contribution in [1.82, 2.24) is 14.7 Å². The SMILES string of the molecule is COCCCOc1cc(C(=O)N(C(C)C)[C@@H]2CC[C@H](CCN(C(=O)Cc3ccccc3)C3CC3)N(C(=O)OC(C)(C)C)C2)ccc1OC. The van der Waals surface area contributed by atoms with E-state index in [0.29, 0.717) is 69.0 Å². The van der Waals surface area contributed by atoms with Crippen LogP contribution in [0, 0.1) is 0 Å². The topological polar surface area (TPSA) is 97.9 Å². The van der Waals surface area contributed by atoms with Gasteiger partial charge in [0, 0.05) is 56.9 Å². The summed E-state index contributed by atoms with van der Waals surface area (Å²) in [5.74, 6) is 1.05. The standard InChI is InChI=1S/C38H55N3O7/c1-27(2)41(36(43)29-14-19-33(46-7)34(25-29)47-23-11-22-45-6)32-18-17-31(40(26-32)37(44)48-38(3,4)5)20-21-39(30-15-16-30)35(42)24-28-12-9-8-10-13-28/h8-10,12-14,19,25,27,30-32H,11,15-18,20-24,26H2,1-7H3/t31-,32-/m1/s1. The Bertz CT molecular complexity index is 1360. The van der Waals surface area contributed by atoms with E-state index >= 15 is 0 Å². The maximum absolute atomic E-state index is 14.2. The second kappa shape index (κ2) is 17.0. The third-order valence-electron chi connectivity index (χ3n) is 8.86. The maximum Gasteiger partial charge on any atom is 0.410 e. The highest BCUT2D eigenvalue weighted by atomic mass is 16.6. The molecule has 1 aliphatic heterocycles. The number of benzene rings is 2. The Balaban J connectivity index is 1.50. The van der Waals surface area contributed by atoms with E-state index in [-0.39, 0.29) is 36.0 Å². The van der Waals surface area contributed by atoms with Crippen LogP contribution >= 0.6 is 0 Å². The summed E-state index contributed by atoms with van der Waals surface area (Å²) in [6.07, 6.45) is 4.79. The van der Waals surface area contributed by atoms with E-state index in [2.05, 4.69) is 0 Å². The number of ether oxygens (including phenoxy) is 4. The average Bonchev–Trinajstić information content (AvgIpc) is 3.88. The number of hydrogen-bond donors (Lipinski definition) is 0. The lowest BCUT2D eigenvalue weighted by molar-refractivity contribution is -0.131. The lowest BCUT2D eigenvalue weighted by atomic mass is 9.93. The molecule has 1 saturated heterocycles. The van der Waals surface area contributed by atoms with Gasteiger partial charge >= 0.3 is 6.09 Å². The van der Waals surface area contributed by atoms with Crippen molar-refractivity contribution in [2.75, 3.05) is 40.5 Å². The summed E-state index contributed by atoms with van der Waals surface area (Å²) in [5, 5.41) is 0. The number of rotatable bonds is 15. The van der Waals surface area contributed by atoms with Gasteiger partial charge in [-0.05, 0) is 90.5 Å². The number of amides is 3. The molecule has 0 radical (unpaired) electrons. The molecular formula is C38H55N3O7. The molecule has 48 heavy (non-hydrogen) atoms. The molecule has 2 aromatic rings. The van der Waals surface area contributed by atoms with Crippen molar-refractivity contribution >= 4 is 17.9 Å². The summed E-state index contributed by atoms with van der Waals surface area (Å²) in [5.41, 5.74) is 0.828. The summed E-state index contributed by atoms with van der Waals surface area (Å²) in [4.78, 5) is 47.0. The van der Waals surface area contributed by atoms with Gasteiger partial charge in [-0.25, -0.2) is 4.79 Å². The van der Waals surface area contributed by atoms with Gasteiger partial charge in [-0.15, -0.1) is 0 Å². The quantitative estimate of drug-likeness (QED) is 0.205. The predicted octanol–water partition coefficient (Wildman–Crippen LogP) is 6.35. The fraction of sp³-hybridized carbons (Fsp3) is 0.605. The van der Waals surface area contributed by atoms with Crippen LogP contribution in [-0.4, -0.2) is 103 Å². The normalized spacial score (nSPS) is 18.0. The van der Waals surface area contributed by atoms with Gasteiger partial charge in [0.1, 0.15) is 5.60 Å². The van der Waals surface area contributed by atoms with E-state index in [1.165, 1.54) is 0 Å². The van der Waals surface area contributed by atoms with Crippen molar-refractivity contribution in [3.63, 3.8) is 0 Å². The minimum atomic E-state index is -0.670. The van der Waals surface area contributed by atoms with Gasteiger partial charge in [-0.3, -0.25) is 9.59 Å². The second-order valence-corrected chi connectivity index (χ2v) is 14.2. The van der Waals surface area contributed by atoms with Crippen molar-refractivity contribution < 1.29 is 33.3 Å². The molecule has 0 bridgehead atoms. The van der Waals surface area contributed by atoms with Crippen LogP contribution in [0.2, 0.25) is 0 Å². The van der Waals surface area contributed by atoms with E-state index in [9.17, 15) is 14.4 Å². The Labute approximate surface area is 286 Å². The molecular weight excluding hydrogens is 610 g/mol. The van der Waals surface area contributed by atoms with E-state index < -0.39 is 11.7 Å². The van der Waals surface area contributed by atoms with Crippen molar-refractivity contribution in [2.45, 2.75) is 109 Å². The van der Waals surface area contributed by atoms with E-state index in [1.54, 1.807) is 37.3 Å². The summed E-state index contributed by atoms with van der Waals surface area (Å²) < 4.78 is 22.5. The largest absolute Gasteiger partial charge is 0.493 e. The monoisotopic (exact) mass is 665 g/mol. The molecule has 0 unspecified atom stereocenters. The molecule has 10 nitrogen and oxygen atoms in total. The van der Waals surface area contributed by atoms with Gasteiger partial charge < -0.3 is 33.6 Å². The number of likely N-dealkylation sites (tertiary alicyclic amines) is 1. The van der Waals surface area contributed by atoms with Crippen LogP contribution in [0.15, 0.2) is 48.5 Å². The van der Waals surface area contributed by atoms with Gasteiger partial charge in [0.2, 0.25) is 5.91 Å². The highest BCUT2D eigenvalue weighted by Crippen LogP contribution is 2.33. The van der Waals surface area contributed by atoms with Crippen LogP contribution in [0.25, 0.3) is 0 Å². The van der Waals surface area contributed by atoms with Gasteiger partial charge in [-0.2, -0.15) is 0 Å². The zero-order valence-electron chi connectivity index (χ0n) is 29.9. The lowest BCUT2D eigenvalue weighted by Gasteiger charge is -2.45. The van der Waals surface area contributed by atoms with E-state index in [0.717, 1.165) is 24.8 Å². The van der Waals surface area contributed by atoms with Crippen molar-refractivity contribution in [2.24, 2.45) is 0 Å². The van der Waals surface area contributed by atoms with Crippen molar-refractivity contribution in [3.05, 3.63) is 59.7 Å². The Morgan fingerprint density at radius 3 is 2.25 bits per heavy atom. The van der Waals surface area contributed by atoms with E-state index in [4.69, 9.17) is 18.9 Å². The maximum atomic E-state index is 14.2. The second-order valence-electron chi connectivity index (χ2n) is 14.2. The molecule has 264 valence electrons. The van der Waals surface area contributed by atoms with Crippen LogP contribution < -0.4 is 9.47 Å². The van der Waals surface area contributed by atoms with Crippen LogP contribution in [0.3, 0.4) is 0 Å². The first kappa shape index (κ1) is 37.0. The molecule has 2 aromatic carbocycles. The van der Waals surface area contributed by atoms with Crippen molar-refractivity contribution in [1.29, 1.82) is 0 Å². The first-order valence-corrected chi connectivity index (χ1v) is 17.4. The molecule has 1 aliphatic carbocycles. The number of nitrogens with zero attached hydrogens (tertiary/aromatic N) is 3. The molecule has 2 fully saturated rings. The van der Waals surface area contributed by atoms with Gasteiger partial charge in [-0.1, -0.05) is 30.3 Å². The Hall–Kier alpha value is -3.79. The molecule has 2 atom stereocenters. The van der Waals surface area contributed by atoms with Crippen molar-refractivity contribution in [3.8, 4) is 11.5 Å². The summed E-state index contributed by atoms with van der Waals surface area (Å²) in [6, 6.07) is 14.9. The lowest BCUT2D eigenvalue weighted by Crippen LogP contribution is -2.58. The fourth-order valence-corrected chi connectivity index (χ4v) is 6.42. The summed E-state index contributed by atoms with van der Waals surface area (Å²) >= 11 is 0. The smallest absolute Gasteiger partial charge is 0.410 e. The average molecular weight is 666 g/mol. The first-order valence-electron chi connectivity index (χ1n) is 17.4. The molecule has 1 saturated carbocycles. The molecule has 2 aliphatic rings. The molecule has 1 heterocycles. The zero-order chi connectivity index (χ0) is 34.8. The zero-order valence-corrected chi connectivity index (χ0v) is 29.9. The number of hydrogen-bond acceptors (Lipinski definition) is 7. The number of carbonyl (C=O) groups excluding carboxylic acids is 3. The number of methoxy groups -OCH3 is 2. The fourth-order valence-electron chi connectivity index (χ4n) is 6.42. The highest BCUT2D eigenvalue weighted by molar-refractivity contribution is 5.95. The summed E-state index contributed by atoms with van der Waals surface area (Å²) in [6.45, 7) is 11.5. The number of piperidine rings is 1. The predicted molar refractivity (Wildman–Crippen MR) is 186 cm³/mol. The number of carbonyl (C=O) groups is 3. The highest BCUT2D eigenvalue weighted by Gasteiger charge is 2.40. The third kappa shape index (κ3) is 10.4. The molecule has 0 spiro atoms. The minimum absolute atomic E-state index is 0.112. The van der Waals surface area contributed by atoms with Crippen LogP contribution in [0.4, 0.5) is 4.79 Å². The van der Waals surface area contributed by atoms with Crippen LogP contribution in [0.5, 0.6) is 11.5 Å². The Kier molecular flexibility index (Phi) is 13.2. The van der Waals surface area contributed by atoms with E-state index in [1.807, 2.05) is 74.8 Å². The van der Waals surface area contributed by atoms with Gasteiger partial charge in [0.15, 0.2) is 11.5 Å². The minimum Gasteiger partial charge on any atom is -0.493 e.